The Bertz CT molecular complexity index is 440. The third kappa shape index (κ3) is 10.0. The molecule has 152 valence electrons. The van der Waals surface area contributed by atoms with E-state index in [0.717, 1.165) is 38.2 Å². The second-order valence-electron chi connectivity index (χ2n) is 5.90. The van der Waals surface area contributed by atoms with Crippen LogP contribution in [0, 0.1) is 0 Å². The van der Waals surface area contributed by atoms with Crippen LogP contribution >= 0.6 is 24.0 Å². The first-order valence-corrected chi connectivity index (χ1v) is 9.14. The van der Waals surface area contributed by atoms with Gasteiger partial charge in [0.1, 0.15) is 0 Å². The van der Waals surface area contributed by atoms with Crippen LogP contribution in [-0.4, -0.2) is 68.9 Å². The Morgan fingerprint density at radius 3 is 2.46 bits per heavy atom. The summed E-state index contributed by atoms with van der Waals surface area (Å²) >= 11 is 0. The number of carbonyl (C=O) groups is 2. The van der Waals surface area contributed by atoms with Gasteiger partial charge in [0, 0.05) is 38.6 Å². The molecule has 1 aliphatic heterocycles. The van der Waals surface area contributed by atoms with Crippen LogP contribution in [0.1, 0.15) is 46.0 Å². The van der Waals surface area contributed by atoms with Crippen molar-refractivity contribution in [2.45, 2.75) is 52.0 Å². The maximum absolute atomic E-state index is 11.7. The van der Waals surface area contributed by atoms with Crippen LogP contribution in [0.15, 0.2) is 4.99 Å². The molecule has 1 aliphatic rings. The van der Waals surface area contributed by atoms with Crippen LogP contribution in [0.2, 0.25) is 0 Å². The SMILES string of the molecule is CCNC(=NCCCCC(=O)OC)NC1CCN(C(=O)OCC)CC1.I. The number of carbonyl (C=O) groups excluding carboxylic acids is 2. The van der Waals surface area contributed by atoms with Crippen LogP contribution in [-0.2, 0) is 14.3 Å². The van der Waals surface area contributed by atoms with Gasteiger partial charge >= 0.3 is 12.1 Å². The molecular weight excluding hydrogens is 451 g/mol. The van der Waals surface area contributed by atoms with Crippen LogP contribution in [0.4, 0.5) is 4.79 Å². The number of halogens is 1. The van der Waals surface area contributed by atoms with Gasteiger partial charge in [0.05, 0.1) is 13.7 Å². The number of aliphatic imine (C=N–C) groups is 1. The van der Waals surface area contributed by atoms with E-state index < -0.39 is 0 Å². The van der Waals surface area contributed by atoms with Crippen LogP contribution in [0.3, 0.4) is 0 Å². The normalized spacial score (nSPS) is 15.0. The number of nitrogens with one attached hydrogen (secondary N) is 2. The molecule has 1 rings (SSSR count). The molecule has 0 radical (unpaired) electrons. The number of unbranched alkanes of at least 4 members (excludes halogenated alkanes) is 1. The maximum Gasteiger partial charge on any atom is 0.409 e. The lowest BCUT2D eigenvalue weighted by Crippen LogP contribution is -2.49. The van der Waals surface area contributed by atoms with Crippen LogP contribution in [0.5, 0.6) is 0 Å². The number of nitrogens with zero attached hydrogens (tertiary/aromatic N) is 2. The predicted octanol–water partition coefficient (Wildman–Crippen LogP) is 2.12. The van der Waals surface area contributed by atoms with E-state index >= 15 is 0 Å². The van der Waals surface area contributed by atoms with Gasteiger partial charge in [-0.25, -0.2) is 4.79 Å². The average molecular weight is 484 g/mol. The summed E-state index contributed by atoms with van der Waals surface area (Å²) in [5, 5.41) is 6.66. The lowest BCUT2D eigenvalue weighted by atomic mass is 10.1. The fraction of sp³-hybridized carbons (Fsp3) is 0.824. The Labute approximate surface area is 173 Å². The third-order valence-electron chi connectivity index (χ3n) is 3.99. The third-order valence-corrected chi connectivity index (χ3v) is 3.99. The molecule has 1 heterocycles. The van der Waals surface area contributed by atoms with Gasteiger partial charge in [-0.3, -0.25) is 9.79 Å². The number of likely N-dealkylation sites (tertiary alicyclic amines) is 1. The lowest BCUT2D eigenvalue weighted by Gasteiger charge is -2.32. The van der Waals surface area contributed by atoms with E-state index in [9.17, 15) is 9.59 Å². The van der Waals surface area contributed by atoms with Crippen molar-refractivity contribution in [2.24, 2.45) is 4.99 Å². The number of hydrogen-bond donors (Lipinski definition) is 2. The van der Waals surface area contributed by atoms with Crippen molar-refractivity contribution < 1.29 is 19.1 Å². The summed E-state index contributed by atoms with van der Waals surface area (Å²) in [5.74, 6) is 0.609. The van der Waals surface area contributed by atoms with Gasteiger partial charge < -0.3 is 25.0 Å². The zero-order chi connectivity index (χ0) is 18.5. The van der Waals surface area contributed by atoms with E-state index in [2.05, 4.69) is 20.4 Å². The van der Waals surface area contributed by atoms with Crippen molar-refractivity contribution >= 4 is 42.0 Å². The molecule has 0 unspecified atom stereocenters. The van der Waals surface area contributed by atoms with Crippen molar-refractivity contribution in [1.82, 2.24) is 15.5 Å². The van der Waals surface area contributed by atoms with Gasteiger partial charge in [-0.2, -0.15) is 0 Å². The monoisotopic (exact) mass is 484 g/mol. The van der Waals surface area contributed by atoms with Gasteiger partial charge in [-0.1, -0.05) is 0 Å². The zero-order valence-electron chi connectivity index (χ0n) is 16.1. The molecule has 9 heteroatoms. The highest BCUT2D eigenvalue weighted by Crippen LogP contribution is 2.11. The standard InChI is InChI=1S/C17H32N4O4.HI/c1-4-18-16(19-11-7-6-8-15(22)24-3)20-14-9-12-21(13-10-14)17(23)25-5-2;/h14H,4-13H2,1-3H3,(H2,18,19,20);1H. The maximum atomic E-state index is 11.7. The van der Waals surface area contributed by atoms with Crippen molar-refractivity contribution in [1.29, 1.82) is 0 Å². The van der Waals surface area contributed by atoms with E-state index in [0.29, 0.717) is 38.7 Å². The van der Waals surface area contributed by atoms with E-state index in [1.54, 1.807) is 4.90 Å². The van der Waals surface area contributed by atoms with E-state index in [1.807, 2.05) is 13.8 Å². The molecule has 0 atom stereocenters. The van der Waals surface area contributed by atoms with Crippen LogP contribution in [0.25, 0.3) is 0 Å². The molecule has 26 heavy (non-hydrogen) atoms. The summed E-state index contributed by atoms with van der Waals surface area (Å²) in [6, 6.07) is 0.290. The topological polar surface area (TPSA) is 92.3 Å². The molecule has 1 saturated heterocycles. The van der Waals surface area contributed by atoms with Gasteiger partial charge in [-0.15, -0.1) is 24.0 Å². The van der Waals surface area contributed by atoms with E-state index in [-0.39, 0.29) is 36.0 Å². The highest BCUT2D eigenvalue weighted by molar-refractivity contribution is 14.0. The number of guanidine groups is 1. The summed E-state index contributed by atoms with van der Waals surface area (Å²) in [6.07, 6.45) is 3.55. The minimum atomic E-state index is -0.230. The van der Waals surface area contributed by atoms with Gasteiger partial charge in [0.25, 0.3) is 0 Å². The fourth-order valence-electron chi connectivity index (χ4n) is 2.61. The van der Waals surface area contributed by atoms with Gasteiger partial charge in [-0.05, 0) is 39.5 Å². The number of amides is 1. The summed E-state index contributed by atoms with van der Waals surface area (Å²) < 4.78 is 9.66. The second kappa shape index (κ2) is 14.9. The number of esters is 1. The van der Waals surface area contributed by atoms with Gasteiger partial charge in [0.2, 0.25) is 0 Å². The lowest BCUT2D eigenvalue weighted by molar-refractivity contribution is -0.140. The summed E-state index contributed by atoms with van der Waals surface area (Å²) in [5.41, 5.74) is 0. The first-order valence-electron chi connectivity index (χ1n) is 9.14. The average Bonchev–Trinajstić information content (AvgIpc) is 2.62. The Hall–Kier alpha value is -1.26. The molecule has 0 saturated carbocycles. The molecule has 0 aromatic carbocycles. The predicted molar refractivity (Wildman–Crippen MR) is 112 cm³/mol. The molecule has 0 aromatic rings. The van der Waals surface area contributed by atoms with Crippen molar-refractivity contribution in [2.75, 3.05) is 39.9 Å². The Morgan fingerprint density at radius 2 is 1.88 bits per heavy atom. The molecule has 2 N–H and O–H groups in total. The molecule has 0 aliphatic carbocycles. The molecule has 0 aromatic heterocycles. The molecule has 8 nitrogen and oxygen atoms in total. The van der Waals surface area contributed by atoms with E-state index in [4.69, 9.17) is 4.74 Å². The minimum absolute atomic E-state index is 0. The summed E-state index contributed by atoms with van der Waals surface area (Å²) in [4.78, 5) is 29.1. The van der Waals surface area contributed by atoms with Crippen molar-refractivity contribution in [3.8, 4) is 0 Å². The molecule has 1 amide bonds. The Balaban J connectivity index is 0.00000625. The minimum Gasteiger partial charge on any atom is -0.469 e. The number of piperidine rings is 1. The zero-order valence-corrected chi connectivity index (χ0v) is 18.4. The number of ether oxygens (including phenoxy) is 2. The number of rotatable bonds is 8. The quantitative estimate of drug-likeness (QED) is 0.180. The first-order chi connectivity index (χ1) is 12.1. The van der Waals surface area contributed by atoms with Gasteiger partial charge in [0.15, 0.2) is 5.96 Å². The summed E-state index contributed by atoms with van der Waals surface area (Å²) in [6.45, 7) is 7.08. The largest absolute Gasteiger partial charge is 0.469 e. The highest BCUT2D eigenvalue weighted by Gasteiger charge is 2.23. The summed E-state index contributed by atoms with van der Waals surface area (Å²) in [7, 11) is 1.40. The second-order valence-corrected chi connectivity index (χ2v) is 5.90. The van der Waals surface area contributed by atoms with Crippen LogP contribution < -0.4 is 10.6 Å². The fourth-order valence-corrected chi connectivity index (χ4v) is 2.61. The molecule has 0 bridgehead atoms. The van der Waals surface area contributed by atoms with Crippen molar-refractivity contribution in [3.63, 3.8) is 0 Å². The van der Waals surface area contributed by atoms with Crippen molar-refractivity contribution in [3.05, 3.63) is 0 Å². The Morgan fingerprint density at radius 1 is 1.19 bits per heavy atom. The number of hydrogen-bond acceptors (Lipinski definition) is 5. The smallest absolute Gasteiger partial charge is 0.409 e. The molecule has 0 spiro atoms. The first kappa shape index (κ1) is 24.7. The number of methoxy groups -OCH3 is 1. The molecular formula is C17H33IN4O4. The molecule has 1 fully saturated rings. The van der Waals surface area contributed by atoms with E-state index in [1.165, 1.54) is 7.11 Å². The highest BCUT2D eigenvalue weighted by atomic mass is 127. The Kier molecular flexibility index (Phi) is 14.1.